The van der Waals surface area contributed by atoms with Gasteiger partial charge in [0.25, 0.3) is 0 Å². The molecule has 0 fully saturated rings. The highest BCUT2D eigenvalue weighted by atomic mass is 16.5. The summed E-state index contributed by atoms with van der Waals surface area (Å²) in [5.41, 5.74) is 1.17. The predicted molar refractivity (Wildman–Crippen MR) is 107 cm³/mol. The van der Waals surface area contributed by atoms with E-state index in [1.807, 2.05) is 32.0 Å². The van der Waals surface area contributed by atoms with Gasteiger partial charge in [-0.25, -0.2) is 0 Å². The molecule has 0 amide bonds. The Kier molecular flexibility index (Phi) is 4.35. The third-order valence-electron chi connectivity index (χ3n) is 4.54. The summed E-state index contributed by atoms with van der Waals surface area (Å²) in [6, 6.07) is 17.1. The molecule has 5 heteroatoms. The van der Waals surface area contributed by atoms with E-state index in [1.54, 1.807) is 36.4 Å². The van der Waals surface area contributed by atoms with Crippen LogP contribution in [-0.2, 0) is 0 Å². The molecule has 0 spiro atoms. The molecule has 3 aromatic rings. The summed E-state index contributed by atoms with van der Waals surface area (Å²) in [6.45, 7) is 3.85. The molecule has 4 rings (SSSR count). The molecular weight excluding hydrogens is 354 g/mol. The van der Waals surface area contributed by atoms with Crippen molar-refractivity contribution in [1.29, 1.82) is 0 Å². The molecule has 0 unspecified atom stereocenters. The summed E-state index contributed by atoms with van der Waals surface area (Å²) < 4.78 is 5.94. The van der Waals surface area contributed by atoms with Gasteiger partial charge in [-0.05, 0) is 26.0 Å². The monoisotopic (exact) mass is 373 g/mol. The minimum Gasteiger partial charge on any atom is -0.507 e. The molecule has 1 aliphatic rings. The zero-order chi connectivity index (χ0) is 19.8. The number of hydrogen-bond donors (Lipinski definition) is 2. The van der Waals surface area contributed by atoms with Crippen molar-refractivity contribution >= 4 is 17.3 Å². The number of fused-ring (bicyclic) bond motifs is 2. The largest absolute Gasteiger partial charge is 0.507 e. The molecule has 0 saturated carbocycles. The van der Waals surface area contributed by atoms with Crippen LogP contribution in [0.5, 0.6) is 17.2 Å². The number of nitrogens with one attached hydrogen (secondary N) is 1. The molecule has 0 radical (unpaired) electrons. The highest BCUT2D eigenvalue weighted by molar-refractivity contribution is 6.31. The third-order valence-corrected chi connectivity index (χ3v) is 4.54. The summed E-state index contributed by atoms with van der Waals surface area (Å²) in [5, 5.41) is 13.8. The number of benzene rings is 3. The number of anilines is 1. The van der Waals surface area contributed by atoms with Crippen molar-refractivity contribution in [2.45, 2.75) is 19.9 Å². The van der Waals surface area contributed by atoms with Crippen LogP contribution in [0.25, 0.3) is 0 Å². The number of phenolic OH excluding ortho intramolecular Hbond substituents is 1. The van der Waals surface area contributed by atoms with E-state index in [9.17, 15) is 14.7 Å². The standard InChI is InChI=1S/C23H19NO4/c1-13(2)24-21-18(28-14-8-4-3-5-9-14)12-17(25)19-20(21)23(27)16-11-7-6-10-15(16)22(19)26/h3-13,24-25H,1-2H3. The van der Waals surface area contributed by atoms with Gasteiger partial charge in [-0.2, -0.15) is 0 Å². The van der Waals surface area contributed by atoms with Crippen LogP contribution in [0.1, 0.15) is 45.7 Å². The smallest absolute Gasteiger partial charge is 0.198 e. The summed E-state index contributed by atoms with van der Waals surface area (Å²) in [7, 11) is 0. The van der Waals surface area contributed by atoms with Crippen LogP contribution in [0.4, 0.5) is 5.69 Å². The van der Waals surface area contributed by atoms with Gasteiger partial charge in [0.05, 0.1) is 16.8 Å². The van der Waals surface area contributed by atoms with Gasteiger partial charge in [-0.1, -0.05) is 42.5 Å². The third kappa shape index (κ3) is 2.91. The molecule has 0 saturated heterocycles. The lowest BCUT2D eigenvalue weighted by atomic mass is 9.82. The first kappa shape index (κ1) is 17.8. The maximum absolute atomic E-state index is 13.3. The first-order chi connectivity index (χ1) is 13.5. The molecule has 0 aliphatic heterocycles. The van der Waals surface area contributed by atoms with Crippen LogP contribution in [0.3, 0.4) is 0 Å². The average molecular weight is 373 g/mol. The normalized spacial score (nSPS) is 12.5. The van der Waals surface area contributed by atoms with Crippen LogP contribution in [-0.4, -0.2) is 22.7 Å². The number of hydrogen-bond acceptors (Lipinski definition) is 5. The Morgan fingerprint density at radius 3 is 2.04 bits per heavy atom. The van der Waals surface area contributed by atoms with Crippen molar-refractivity contribution in [1.82, 2.24) is 0 Å². The first-order valence-corrected chi connectivity index (χ1v) is 9.05. The van der Waals surface area contributed by atoms with Crippen LogP contribution >= 0.6 is 0 Å². The van der Waals surface area contributed by atoms with E-state index in [0.717, 1.165) is 0 Å². The fourth-order valence-corrected chi connectivity index (χ4v) is 3.38. The number of carbonyl (C=O) groups excluding carboxylic acids is 2. The minimum atomic E-state index is -0.374. The molecule has 140 valence electrons. The molecule has 2 N–H and O–H groups in total. The van der Waals surface area contributed by atoms with Crippen molar-refractivity contribution in [2.24, 2.45) is 0 Å². The number of phenols is 1. The fraction of sp³-hybridized carbons (Fsp3) is 0.130. The predicted octanol–water partition coefficient (Wildman–Crippen LogP) is 4.78. The summed E-state index contributed by atoms with van der Waals surface area (Å²) in [4.78, 5) is 26.3. The molecular formula is C23H19NO4. The second-order valence-corrected chi connectivity index (χ2v) is 6.94. The quantitative estimate of drug-likeness (QED) is 0.504. The highest BCUT2D eigenvalue weighted by Gasteiger charge is 2.36. The van der Waals surface area contributed by atoms with Crippen molar-refractivity contribution < 1.29 is 19.4 Å². The molecule has 0 aromatic heterocycles. The summed E-state index contributed by atoms with van der Waals surface area (Å²) in [5.74, 6) is -0.119. The maximum Gasteiger partial charge on any atom is 0.198 e. The zero-order valence-corrected chi connectivity index (χ0v) is 15.5. The number of rotatable bonds is 4. The molecule has 28 heavy (non-hydrogen) atoms. The average Bonchev–Trinajstić information content (AvgIpc) is 2.68. The molecule has 1 aliphatic carbocycles. The van der Waals surface area contributed by atoms with Crippen LogP contribution in [0, 0.1) is 0 Å². The lowest BCUT2D eigenvalue weighted by Crippen LogP contribution is -2.24. The van der Waals surface area contributed by atoms with Gasteiger partial charge in [-0.3, -0.25) is 9.59 Å². The lowest BCUT2D eigenvalue weighted by Gasteiger charge is -2.25. The maximum atomic E-state index is 13.3. The Morgan fingerprint density at radius 1 is 0.857 bits per heavy atom. The lowest BCUT2D eigenvalue weighted by molar-refractivity contribution is 0.0977. The van der Waals surface area contributed by atoms with Gasteiger partial charge >= 0.3 is 0 Å². The van der Waals surface area contributed by atoms with Crippen LogP contribution < -0.4 is 10.1 Å². The second-order valence-electron chi connectivity index (χ2n) is 6.94. The Hall–Kier alpha value is -3.60. The number of aromatic hydroxyl groups is 1. The van der Waals surface area contributed by atoms with Crippen molar-refractivity contribution in [3.8, 4) is 17.2 Å². The van der Waals surface area contributed by atoms with E-state index in [-0.39, 0.29) is 40.2 Å². The number of carbonyl (C=O) groups is 2. The summed E-state index contributed by atoms with van der Waals surface area (Å²) >= 11 is 0. The number of ketones is 2. The molecule has 3 aromatic carbocycles. The van der Waals surface area contributed by atoms with E-state index in [1.165, 1.54) is 6.07 Å². The van der Waals surface area contributed by atoms with Gasteiger partial charge in [-0.15, -0.1) is 0 Å². The van der Waals surface area contributed by atoms with E-state index in [2.05, 4.69) is 5.32 Å². The summed E-state index contributed by atoms with van der Waals surface area (Å²) in [6.07, 6.45) is 0. The number of para-hydroxylation sites is 1. The molecule has 5 nitrogen and oxygen atoms in total. The highest BCUT2D eigenvalue weighted by Crippen LogP contribution is 2.44. The Labute approximate surface area is 162 Å². The second kappa shape index (κ2) is 6.85. The first-order valence-electron chi connectivity index (χ1n) is 9.05. The van der Waals surface area contributed by atoms with E-state index >= 15 is 0 Å². The number of ether oxygens (including phenoxy) is 1. The Bertz CT molecular complexity index is 1090. The van der Waals surface area contributed by atoms with Crippen LogP contribution in [0.2, 0.25) is 0 Å². The van der Waals surface area contributed by atoms with Gasteiger partial charge in [0.2, 0.25) is 0 Å². The van der Waals surface area contributed by atoms with Crippen LogP contribution in [0.15, 0.2) is 60.7 Å². The van der Waals surface area contributed by atoms with Gasteiger partial charge in [0.15, 0.2) is 17.3 Å². The Morgan fingerprint density at radius 2 is 1.43 bits per heavy atom. The van der Waals surface area contributed by atoms with Crippen molar-refractivity contribution in [3.63, 3.8) is 0 Å². The van der Waals surface area contributed by atoms with E-state index < -0.39 is 0 Å². The Balaban J connectivity index is 1.95. The fourth-order valence-electron chi connectivity index (χ4n) is 3.38. The zero-order valence-electron chi connectivity index (χ0n) is 15.5. The van der Waals surface area contributed by atoms with Gasteiger partial charge in [0, 0.05) is 23.2 Å². The minimum absolute atomic E-state index is 0.00672. The van der Waals surface area contributed by atoms with E-state index in [0.29, 0.717) is 22.6 Å². The van der Waals surface area contributed by atoms with E-state index in [4.69, 9.17) is 4.74 Å². The van der Waals surface area contributed by atoms with Crippen molar-refractivity contribution in [3.05, 3.63) is 82.9 Å². The topological polar surface area (TPSA) is 75.6 Å². The van der Waals surface area contributed by atoms with Gasteiger partial charge in [0.1, 0.15) is 11.5 Å². The van der Waals surface area contributed by atoms with Crippen molar-refractivity contribution in [2.75, 3.05) is 5.32 Å². The van der Waals surface area contributed by atoms with Gasteiger partial charge < -0.3 is 15.2 Å². The molecule has 0 bridgehead atoms. The SMILES string of the molecule is CC(C)Nc1c(Oc2ccccc2)cc(O)c2c1C(=O)c1ccccc1C2=O. The molecule has 0 atom stereocenters. The molecule has 0 heterocycles.